The third-order valence-electron chi connectivity index (χ3n) is 5.69. The third kappa shape index (κ3) is 2.87. The van der Waals surface area contributed by atoms with Crippen LogP contribution in [0.5, 0.6) is 0 Å². The van der Waals surface area contributed by atoms with Crippen LogP contribution in [0.3, 0.4) is 0 Å². The second-order valence-electron chi connectivity index (χ2n) is 7.36. The summed E-state index contributed by atoms with van der Waals surface area (Å²) >= 11 is 0. The van der Waals surface area contributed by atoms with Crippen LogP contribution in [0.15, 0.2) is 97.1 Å². The average molecular weight is 369 g/mol. The van der Waals surface area contributed by atoms with Gasteiger partial charge in [0.1, 0.15) is 0 Å². The second kappa shape index (κ2) is 6.93. The topological polar surface area (TPSA) is 23.8 Å². The van der Waals surface area contributed by atoms with Crippen LogP contribution in [0.2, 0.25) is 0 Å². The average Bonchev–Trinajstić information content (AvgIpc) is 2.80. The number of benzene rings is 5. The molecule has 1 heteroatoms. The molecule has 5 aromatic carbocycles. The SMILES string of the molecule is Cc1c(-c2ccc(-c3cccc(C#N)c3)cc2)c2ccccc2c2ccccc12. The summed E-state index contributed by atoms with van der Waals surface area (Å²) in [5.41, 5.74) is 6.67. The van der Waals surface area contributed by atoms with E-state index in [-0.39, 0.29) is 0 Å². The van der Waals surface area contributed by atoms with Crippen LogP contribution < -0.4 is 0 Å². The van der Waals surface area contributed by atoms with Crippen molar-refractivity contribution in [3.05, 3.63) is 108 Å². The summed E-state index contributed by atoms with van der Waals surface area (Å²) in [6.45, 7) is 2.22. The van der Waals surface area contributed by atoms with Gasteiger partial charge in [0.2, 0.25) is 0 Å². The van der Waals surface area contributed by atoms with Crippen molar-refractivity contribution in [3.63, 3.8) is 0 Å². The fourth-order valence-corrected chi connectivity index (χ4v) is 4.29. The monoisotopic (exact) mass is 369 g/mol. The summed E-state index contributed by atoms with van der Waals surface area (Å²) < 4.78 is 0. The number of fused-ring (bicyclic) bond motifs is 3. The van der Waals surface area contributed by atoms with Gasteiger partial charge < -0.3 is 0 Å². The first-order valence-electron chi connectivity index (χ1n) is 9.77. The van der Waals surface area contributed by atoms with Gasteiger partial charge in [0.05, 0.1) is 11.6 Å². The summed E-state index contributed by atoms with van der Waals surface area (Å²) in [6.07, 6.45) is 0. The normalized spacial score (nSPS) is 10.9. The summed E-state index contributed by atoms with van der Waals surface area (Å²) in [5, 5.41) is 14.3. The highest BCUT2D eigenvalue weighted by molar-refractivity contribution is 6.15. The maximum atomic E-state index is 9.17. The van der Waals surface area contributed by atoms with Gasteiger partial charge in [-0.05, 0) is 68.4 Å². The van der Waals surface area contributed by atoms with E-state index in [0.717, 1.165) is 11.1 Å². The van der Waals surface area contributed by atoms with Gasteiger partial charge in [-0.2, -0.15) is 5.26 Å². The second-order valence-corrected chi connectivity index (χ2v) is 7.36. The zero-order valence-electron chi connectivity index (χ0n) is 16.2. The smallest absolute Gasteiger partial charge is 0.0991 e. The Morgan fingerprint density at radius 3 is 1.83 bits per heavy atom. The summed E-state index contributed by atoms with van der Waals surface area (Å²) in [5.74, 6) is 0. The van der Waals surface area contributed by atoms with Crippen molar-refractivity contribution in [1.82, 2.24) is 0 Å². The van der Waals surface area contributed by atoms with Crippen LogP contribution in [0.25, 0.3) is 43.8 Å². The first kappa shape index (κ1) is 17.2. The Labute approximate surface area is 170 Å². The van der Waals surface area contributed by atoms with Crippen molar-refractivity contribution < 1.29 is 0 Å². The molecule has 0 aliphatic rings. The zero-order chi connectivity index (χ0) is 19.8. The van der Waals surface area contributed by atoms with Crippen molar-refractivity contribution >= 4 is 21.5 Å². The first-order valence-corrected chi connectivity index (χ1v) is 9.77. The lowest BCUT2D eigenvalue weighted by Gasteiger charge is -2.16. The number of nitrogens with zero attached hydrogens (tertiary/aromatic N) is 1. The number of nitriles is 1. The molecule has 29 heavy (non-hydrogen) atoms. The maximum absolute atomic E-state index is 9.17. The minimum absolute atomic E-state index is 0.683. The standard InChI is InChI=1S/C28H19N/c1-19-24-9-2-3-10-25(24)26-11-4-5-12-27(26)28(19)22-15-13-21(14-16-22)23-8-6-7-20(17-23)18-29/h2-17H,1H3. The summed E-state index contributed by atoms with van der Waals surface area (Å²) in [7, 11) is 0. The van der Waals surface area contributed by atoms with E-state index < -0.39 is 0 Å². The Balaban J connectivity index is 1.71. The molecule has 0 bridgehead atoms. The first-order chi connectivity index (χ1) is 14.3. The van der Waals surface area contributed by atoms with Crippen LogP contribution in [-0.4, -0.2) is 0 Å². The molecule has 0 radical (unpaired) electrons. The number of hydrogen-bond donors (Lipinski definition) is 0. The van der Waals surface area contributed by atoms with Gasteiger partial charge in [0, 0.05) is 0 Å². The molecule has 0 spiro atoms. The summed E-state index contributed by atoms with van der Waals surface area (Å²) in [6, 6.07) is 35.9. The molecule has 136 valence electrons. The Hall–Kier alpha value is -3.89. The lowest BCUT2D eigenvalue weighted by Crippen LogP contribution is -1.90. The molecule has 0 unspecified atom stereocenters. The lowest BCUT2D eigenvalue weighted by molar-refractivity contribution is 1.48. The zero-order valence-corrected chi connectivity index (χ0v) is 16.2. The quantitative estimate of drug-likeness (QED) is 0.295. The van der Waals surface area contributed by atoms with E-state index in [9.17, 15) is 0 Å². The fraction of sp³-hybridized carbons (Fsp3) is 0.0357. The highest BCUT2D eigenvalue weighted by Crippen LogP contribution is 2.39. The van der Waals surface area contributed by atoms with E-state index in [1.807, 2.05) is 24.3 Å². The molecule has 0 N–H and O–H groups in total. The van der Waals surface area contributed by atoms with E-state index in [1.54, 1.807) is 0 Å². The van der Waals surface area contributed by atoms with Gasteiger partial charge in [-0.25, -0.2) is 0 Å². The van der Waals surface area contributed by atoms with Crippen LogP contribution >= 0.6 is 0 Å². The molecule has 0 atom stereocenters. The molecule has 0 aromatic heterocycles. The van der Waals surface area contributed by atoms with E-state index >= 15 is 0 Å². The maximum Gasteiger partial charge on any atom is 0.0991 e. The Bertz CT molecular complexity index is 1400. The lowest BCUT2D eigenvalue weighted by atomic mass is 9.88. The molecule has 0 saturated carbocycles. The third-order valence-corrected chi connectivity index (χ3v) is 5.69. The Morgan fingerprint density at radius 1 is 0.552 bits per heavy atom. The van der Waals surface area contributed by atoms with Gasteiger partial charge in [-0.3, -0.25) is 0 Å². The van der Waals surface area contributed by atoms with Crippen molar-refractivity contribution in [2.45, 2.75) is 6.92 Å². The van der Waals surface area contributed by atoms with E-state index in [1.165, 1.54) is 38.2 Å². The van der Waals surface area contributed by atoms with Gasteiger partial charge in [-0.15, -0.1) is 0 Å². The van der Waals surface area contributed by atoms with Crippen LogP contribution in [0.1, 0.15) is 11.1 Å². The van der Waals surface area contributed by atoms with Crippen molar-refractivity contribution in [1.29, 1.82) is 5.26 Å². The number of hydrogen-bond acceptors (Lipinski definition) is 1. The summed E-state index contributed by atoms with van der Waals surface area (Å²) in [4.78, 5) is 0. The predicted molar refractivity (Wildman–Crippen MR) is 122 cm³/mol. The van der Waals surface area contributed by atoms with E-state index in [4.69, 9.17) is 5.26 Å². The van der Waals surface area contributed by atoms with E-state index in [0.29, 0.717) is 5.56 Å². The fourth-order valence-electron chi connectivity index (χ4n) is 4.29. The van der Waals surface area contributed by atoms with Crippen LogP contribution in [-0.2, 0) is 0 Å². The van der Waals surface area contributed by atoms with Gasteiger partial charge >= 0.3 is 0 Å². The minimum atomic E-state index is 0.683. The molecule has 0 saturated heterocycles. The molecular weight excluding hydrogens is 350 g/mol. The molecular formula is C28H19N. The van der Waals surface area contributed by atoms with Gasteiger partial charge in [0.25, 0.3) is 0 Å². The molecule has 5 aromatic rings. The van der Waals surface area contributed by atoms with Crippen LogP contribution in [0.4, 0.5) is 0 Å². The van der Waals surface area contributed by atoms with E-state index in [2.05, 4.69) is 85.8 Å². The number of rotatable bonds is 2. The molecule has 0 amide bonds. The molecule has 5 rings (SSSR count). The number of aryl methyl sites for hydroxylation is 1. The largest absolute Gasteiger partial charge is 0.192 e. The molecule has 0 fully saturated rings. The highest BCUT2D eigenvalue weighted by atomic mass is 14.2. The molecule has 0 heterocycles. The Morgan fingerprint density at radius 2 is 1.14 bits per heavy atom. The molecule has 1 nitrogen and oxygen atoms in total. The van der Waals surface area contributed by atoms with Gasteiger partial charge in [0.15, 0.2) is 0 Å². The van der Waals surface area contributed by atoms with Crippen molar-refractivity contribution in [3.8, 4) is 28.3 Å². The van der Waals surface area contributed by atoms with Crippen molar-refractivity contribution in [2.75, 3.05) is 0 Å². The highest BCUT2D eigenvalue weighted by Gasteiger charge is 2.13. The molecule has 0 aliphatic carbocycles. The van der Waals surface area contributed by atoms with Crippen molar-refractivity contribution in [2.24, 2.45) is 0 Å². The minimum Gasteiger partial charge on any atom is -0.192 e. The Kier molecular flexibility index (Phi) is 4.12. The predicted octanol–water partition coefficient (Wildman–Crippen LogP) is 7.51. The van der Waals surface area contributed by atoms with Gasteiger partial charge in [-0.1, -0.05) is 84.9 Å². The molecule has 0 aliphatic heterocycles. The van der Waals surface area contributed by atoms with Crippen LogP contribution in [0, 0.1) is 18.3 Å².